The molecule has 0 spiro atoms. The summed E-state index contributed by atoms with van der Waals surface area (Å²) in [6.45, 7) is 3.99. The Hall–Kier alpha value is -3.28. The van der Waals surface area contributed by atoms with Crippen LogP contribution in [0.5, 0.6) is 0 Å². The zero-order valence-corrected chi connectivity index (χ0v) is 15.2. The van der Waals surface area contributed by atoms with E-state index in [4.69, 9.17) is 0 Å². The molecule has 1 amide bonds. The number of carbonyl (C=O) groups excluding carboxylic acids is 1. The van der Waals surface area contributed by atoms with Crippen molar-refractivity contribution in [3.63, 3.8) is 0 Å². The van der Waals surface area contributed by atoms with Crippen molar-refractivity contribution in [2.24, 2.45) is 0 Å². The van der Waals surface area contributed by atoms with Crippen molar-refractivity contribution in [1.82, 2.24) is 15.3 Å². The molecule has 0 fully saturated rings. The van der Waals surface area contributed by atoms with Crippen LogP contribution in [-0.4, -0.2) is 21.9 Å². The van der Waals surface area contributed by atoms with Crippen molar-refractivity contribution >= 4 is 17.5 Å². The van der Waals surface area contributed by atoms with E-state index in [2.05, 4.69) is 20.6 Å². The molecule has 3 rings (SSSR count). The molecule has 0 saturated carbocycles. The van der Waals surface area contributed by atoms with Crippen molar-refractivity contribution in [2.45, 2.75) is 26.3 Å². The minimum absolute atomic E-state index is 0.111. The van der Waals surface area contributed by atoms with Gasteiger partial charge in [-0.1, -0.05) is 25.1 Å². The average Bonchev–Trinajstić information content (AvgIpc) is 2.69. The molecule has 0 aliphatic carbocycles. The fraction of sp³-hybridized carbons (Fsp3) is 0.190. The third-order valence-electron chi connectivity index (χ3n) is 4.20. The molecule has 0 aliphatic rings. The van der Waals surface area contributed by atoms with Gasteiger partial charge in [-0.05, 0) is 49.2 Å². The van der Waals surface area contributed by atoms with Crippen molar-refractivity contribution in [3.05, 3.63) is 72.3 Å². The number of amides is 1. The molecule has 2 aromatic carbocycles. The Kier molecular flexibility index (Phi) is 5.76. The van der Waals surface area contributed by atoms with E-state index >= 15 is 0 Å². The van der Waals surface area contributed by atoms with Crippen LogP contribution in [0.25, 0.3) is 11.1 Å². The molecule has 0 saturated heterocycles. The van der Waals surface area contributed by atoms with Crippen LogP contribution in [0.1, 0.15) is 30.6 Å². The molecule has 138 valence electrons. The molecule has 1 atom stereocenters. The lowest BCUT2D eigenvalue weighted by Crippen LogP contribution is -2.31. The van der Waals surface area contributed by atoms with Crippen LogP contribution in [0.2, 0.25) is 0 Å². The highest BCUT2D eigenvalue weighted by atomic mass is 19.1. The predicted octanol–water partition coefficient (Wildman–Crippen LogP) is 4.55. The van der Waals surface area contributed by atoms with Crippen LogP contribution in [0.15, 0.2) is 60.9 Å². The smallest absolute Gasteiger partial charge is 0.251 e. The van der Waals surface area contributed by atoms with Gasteiger partial charge < -0.3 is 10.6 Å². The highest BCUT2D eigenvalue weighted by Gasteiger charge is 2.09. The van der Waals surface area contributed by atoms with Gasteiger partial charge in [0.2, 0.25) is 5.95 Å². The van der Waals surface area contributed by atoms with E-state index in [0.717, 1.165) is 23.2 Å². The fourth-order valence-corrected chi connectivity index (χ4v) is 2.46. The fourth-order valence-electron chi connectivity index (χ4n) is 2.46. The quantitative estimate of drug-likeness (QED) is 0.673. The van der Waals surface area contributed by atoms with Crippen LogP contribution >= 0.6 is 0 Å². The predicted molar refractivity (Wildman–Crippen MR) is 104 cm³/mol. The first-order chi connectivity index (χ1) is 13.0. The monoisotopic (exact) mass is 364 g/mol. The second-order valence-corrected chi connectivity index (χ2v) is 6.29. The standard InChI is InChI=1S/C21H21FN4O/c1-3-14(2)25-20(27)16-5-4-6-19(11-16)26-21-23-12-17(13-24-21)15-7-9-18(22)10-8-15/h4-14H,3H2,1-2H3,(H,25,27)(H,23,24,26). The number of nitrogens with zero attached hydrogens (tertiary/aromatic N) is 2. The Bertz CT molecular complexity index is 910. The Labute approximate surface area is 157 Å². The summed E-state index contributed by atoms with van der Waals surface area (Å²) in [6, 6.07) is 13.5. The van der Waals surface area contributed by atoms with Crippen LogP contribution in [0.3, 0.4) is 0 Å². The van der Waals surface area contributed by atoms with Crippen molar-refractivity contribution in [1.29, 1.82) is 0 Å². The normalized spacial score (nSPS) is 11.7. The summed E-state index contributed by atoms with van der Waals surface area (Å²) in [5.41, 5.74) is 2.93. The van der Waals surface area contributed by atoms with Gasteiger partial charge >= 0.3 is 0 Å². The third kappa shape index (κ3) is 4.88. The zero-order valence-electron chi connectivity index (χ0n) is 15.2. The molecular weight excluding hydrogens is 343 g/mol. The Balaban J connectivity index is 1.71. The second kappa shape index (κ2) is 8.40. The van der Waals surface area contributed by atoms with Gasteiger partial charge in [0.05, 0.1) is 0 Å². The summed E-state index contributed by atoms with van der Waals surface area (Å²) in [5, 5.41) is 6.03. The van der Waals surface area contributed by atoms with Crippen LogP contribution in [-0.2, 0) is 0 Å². The largest absolute Gasteiger partial charge is 0.350 e. The maximum Gasteiger partial charge on any atom is 0.251 e. The number of benzene rings is 2. The van der Waals surface area contributed by atoms with Gasteiger partial charge in [0.1, 0.15) is 5.82 Å². The molecular formula is C21H21FN4O. The molecule has 1 heterocycles. The number of aromatic nitrogens is 2. The number of anilines is 2. The molecule has 0 bridgehead atoms. The second-order valence-electron chi connectivity index (χ2n) is 6.29. The maximum atomic E-state index is 13.0. The van der Waals surface area contributed by atoms with Crippen LogP contribution < -0.4 is 10.6 Å². The molecule has 3 aromatic rings. The van der Waals surface area contributed by atoms with E-state index < -0.39 is 0 Å². The van der Waals surface area contributed by atoms with Crippen molar-refractivity contribution in [2.75, 3.05) is 5.32 Å². The molecule has 1 aromatic heterocycles. The lowest BCUT2D eigenvalue weighted by molar-refractivity contribution is 0.0939. The summed E-state index contributed by atoms with van der Waals surface area (Å²) in [4.78, 5) is 20.8. The molecule has 6 heteroatoms. The molecule has 27 heavy (non-hydrogen) atoms. The number of hydrogen-bond donors (Lipinski definition) is 2. The first kappa shape index (κ1) is 18.5. The Morgan fingerprint density at radius 3 is 2.44 bits per heavy atom. The van der Waals surface area contributed by atoms with Crippen molar-refractivity contribution in [3.8, 4) is 11.1 Å². The summed E-state index contributed by atoms with van der Waals surface area (Å²) < 4.78 is 13.0. The SMILES string of the molecule is CCC(C)NC(=O)c1cccc(Nc2ncc(-c3ccc(F)cc3)cn2)c1. The number of nitrogens with one attached hydrogen (secondary N) is 2. The summed E-state index contributed by atoms with van der Waals surface area (Å²) in [7, 11) is 0. The number of rotatable bonds is 6. The summed E-state index contributed by atoms with van der Waals surface area (Å²) in [5.74, 6) is 0.0242. The van der Waals surface area contributed by atoms with Gasteiger partial charge in [0.15, 0.2) is 0 Å². The molecule has 1 unspecified atom stereocenters. The van der Waals surface area contributed by atoms with Gasteiger partial charge in [-0.25, -0.2) is 14.4 Å². The van der Waals surface area contributed by atoms with E-state index in [1.807, 2.05) is 19.9 Å². The van der Waals surface area contributed by atoms with E-state index in [0.29, 0.717) is 11.5 Å². The Morgan fingerprint density at radius 1 is 1.07 bits per heavy atom. The van der Waals surface area contributed by atoms with Crippen molar-refractivity contribution < 1.29 is 9.18 Å². The number of halogens is 1. The molecule has 0 radical (unpaired) electrons. The highest BCUT2D eigenvalue weighted by molar-refractivity contribution is 5.95. The van der Waals surface area contributed by atoms with Crippen LogP contribution in [0.4, 0.5) is 16.0 Å². The summed E-state index contributed by atoms with van der Waals surface area (Å²) >= 11 is 0. The Morgan fingerprint density at radius 2 is 1.78 bits per heavy atom. The van der Waals surface area contributed by atoms with Gasteiger partial charge in [-0.15, -0.1) is 0 Å². The van der Waals surface area contributed by atoms with Gasteiger partial charge in [-0.3, -0.25) is 4.79 Å². The zero-order chi connectivity index (χ0) is 19.2. The first-order valence-corrected chi connectivity index (χ1v) is 8.81. The van der Waals surface area contributed by atoms with Gasteiger partial charge in [0, 0.05) is 35.2 Å². The lowest BCUT2D eigenvalue weighted by atomic mass is 10.1. The molecule has 2 N–H and O–H groups in total. The third-order valence-corrected chi connectivity index (χ3v) is 4.20. The maximum absolute atomic E-state index is 13.0. The molecule has 5 nitrogen and oxygen atoms in total. The van der Waals surface area contributed by atoms with E-state index in [1.54, 1.807) is 42.7 Å². The minimum Gasteiger partial charge on any atom is -0.350 e. The minimum atomic E-state index is -0.282. The van der Waals surface area contributed by atoms with Gasteiger partial charge in [-0.2, -0.15) is 0 Å². The topological polar surface area (TPSA) is 66.9 Å². The van der Waals surface area contributed by atoms with Gasteiger partial charge in [0.25, 0.3) is 5.91 Å². The highest BCUT2D eigenvalue weighted by Crippen LogP contribution is 2.20. The van der Waals surface area contributed by atoms with E-state index in [1.165, 1.54) is 12.1 Å². The summed E-state index contributed by atoms with van der Waals surface area (Å²) in [6.07, 6.45) is 4.21. The first-order valence-electron chi connectivity index (χ1n) is 8.81. The van der Waals surface area contributed by atoms with E-state index in [-0.39, 0.29) is 17.8 Å². The number of hydrogen-bond acceptors (Lipinski definition) is 4. The molecule has 0 aliphatic heterocycles. The van der Waals surface area contributed by atoms with E-state index in [9.17, 15) is 9.18 Å². The average molecular weight is 364 g/mol. The number of carbonyl (C=O) groups is 1. The van der Waals surface area contributed by atoms with Crippen LogP contribution in [0, 0.1) is 5.82 Å². The lowest BCUT2D eigenvalue weighted by Gasteiger charge is -2.12.